The van der Waals surface area contributed by atoms with E-state index in [1.165, 1.54) is 0 Å². The zero-order valence-electron chi connectivity index (χ0n) is 10.1. The highest BCUT2D eigenvalue weighted by molar-refractivity contribution is 6.00. The van der Waals surface area contributed by atoms with Gasteiger partial charge in [-0.1, -0.05) is 0 Å². The van der Waals surface area contributed by atoms with E-state index >= 15 is 0 Å². The van der Waals surface area contributed by atoms with E-state index in [9.17, 15) is 4.79 Å². The lowest BCUT2D eigenvalue weighted by Crippen LogP contribution is -2.02. The van der Waals surface area contributed by atoms with Crippen LogP contribution in [0.5, 0.6) is 5.75 Å². The Bertz CT molecular complexity index is 540. The highest BCUT2D eigenvalue weighted by Gasteiger charge is 2.45. The van der Waals surface area contributed by atoms with Crippen LogP contribution in [0.4, 0.5) is 0 Å². The number of hydrogen-bond donors (Lipinski definition) is 0. The zero-order valence-corrected chi connectivity index (χ0v) is 10.1. The van der Waals surface area contributed by atoms with Gasteiger partial charge >= 0.3 is 0 Å². The summed E-state index contributed by atoms with van der Waals surface area (Å²) in [5.74, 6) is 2.21. The second-order valence-corrected chi connectivity index (χ2v) is 4.56. The van der Waals surface area contributed by atoms with Crippen LogP contribution >= 0.6 is 0 Å². The summed E-state index contributed by atoms with van der Waals surface area (Å²) in [6.45, 7) is 0. The summed E-state index contributed by atoms with van der Waals surface area (Å²) in [5.41, 5.74) is 0.745. The number of hydrogen-bond acceptors (Lipinski definition) is 3. The Kier molecular flexibility index (Phi) is 2.67. The van der Waals surface area contributed by atoms with Gasteiger partial charge < -0.3 is 9.15 Å². The molecule has 0 radical (unpaired) electrons. The third-order valence-corrected chi connectivity index (χ3v) is 3.41. The Morgan fingerprint density at radius 3 is 2.67 bits per heavy atom. The van der Waals surface area contributed by atoms with Crippen molar-refractivity contribution in [3.05, 3.63) is 54.0 Å². The van der Waals surface area contributed by atoms with Gasteiger partial charge in [0.1, 0.15) is 11.5 Å². The number of carbonyl (C=O) groups is 1. The highest BCUT2D eigenvalue weighted by Crippen LogP contribution is 2.49. The van der Waals surface area contributed by atoms with Gasteiger partial charge in [-0.3, -0.25) is 4.79 Å². The van der Waals surface area contributed by atoms with Crippen LogP contribution in [-0.2, 0) is 0 Å². The van der Waals surface area contributed by atoms with Gasteiger partial charge in [-0.15, -0.1) is 0 Å². The van der Waals surface area contributed by atoms with Crippen LogP contribution in [0, 0.1) is 5.92 Å². The van der Waals surface area contributed by atoms with Crippen molar-refractivity contribution < 1.29 is 13.9 Å². The summed E-state index contributed by atoms with van der Waals surface area (Å²) in [5, 5.41) is 0. The molecule has 0 N–H and O–H groups in total. The normalized spacial score (nSPS) is 21.6. The van der Waals surface area contributed by atoms with E-state index in [0.717, 1.165) is 23.5 Å². The monoisotopic (exact) mass is 242 g/mol. The van der Waals surface area contributed by atoms with Gasteiger partial charge in [0.25, 0.3) is 0 Å². The molecule has 1 saturated carbocycles. The lowest BCUT2D eigenvalue weighted by Gasteiger charge is -2.02. The average molecular weight is 242 g/mol. The van der Waals surface area contributed by atoms with E-state index in [0.29, 0.717) is 0 Å². The van der Waals surface area contributed by atoms with Crippen LogP contribution in [0.1, 0.15) is 28.5 Å². The van der Waals surface area contributed by atoms with Crippen molar-refractivity contribution in [2.45, 2.75) is 12.3 Å². The average Bonchev–Trinajstić information content (AvgIpc) is 3.03. The first-order valence-electron chi connectivity index (χ1n) is 6.01. The second-order valence-electron chi connectivity index (χ2n) is 4.56. The molecule has 3 rings (SSSR count). The SMILES string of the molecule is COc1ccc(C(=O)C2CC2c2ccco2)cc1. The summed E-state index contributed by atoms with van der Waals surface area (Å²) >= 11 is 0. The van der Waals surface area contributed by atoms with Gasteiger partial charge in [0.05, 0.1) is 13.4 Å². The standard InChI is InChI=1S/C15H14O3/c1-17-11-6-4-10(5-7-11)15(16)13-9-12(13)14-3-2-8-18-14/h2-8,12-13H,9H2,1H3. The van der Waals surface area contributed by atoms with E-state index in [1.54, 1.807) is 13.4 Å². The van der Waals surface area contributed by atoms with Gasteiger partial charge in [-0.05, 0) is 42.8 Å². The summed E-state index contributed by atoms with van der Waals surface area (Å²) in [7, 11) is 1.62. The van der Waals surface area contributed by atoms with Gasteiger partial charge in [-0.2, -0.15) is 0 Å². The minimum atomic E-state index is 0.0737. The van der Waals surface area contributed by atoms with E-state index in [4.69, 9.17) is 9.15 Å². The van der Waals surface area contributed by atoms with Crippen molar-refractivity contribution >= 4 is 5.78 Å². The molecule has 18 heavy (non-hydrogen) atoms. The van der Waals surface area contributed by atoms with Crippen molar-refractivity contribution in [2.75, 3.05) is 7.11 Å². The second kappa shape index (κ2) is 4.33. The highest BCUT2D eigenvalue weighted by atomic mass is 16.5. The summed E-state index contributed by atoms with van der Waals surface area (Å²) in [6, 6.07) is 11.1. The summed E-state index contributed by atoms with van der Waals surface area (Å²) in [4.78, 5) is 12.2. The van der Waals surface area contributed by atoms with E-state index in [1.807, 2.05) is 36.4 Å². The van der Waals surface area contributed by atoms with Crippen LogP contribution < -0.4 is 4.74 Å². The number of ketones is 1. The Morgan fingerprint density at radius 2 is 2.06 bits per heavy atom. The maximum atomic E-state index is 12.2. The van der Waals surface area contributed by atoms with Gasteiger partial charge in [0, 0.05) is 17.4 Å². The van der Waals surface area contributed by atoms with E-state index in [-0.39, 0.29) is 17.6 Å². The first-order chi connectivity index (χ1) is 8.79. The molecule has 0 amide bonds. The van der Waals surface area contributed by atoms with Gasteiger partial charge in [0.15, 0.2) is 5.78 Å². The summed E-state index contributed by atoms with van der Waals surface area (Å²) in [6.07, 6.45) is 2.54. The number of furan rings is 1. The quantitative estimate of drug-likeness (QED) is 0.772. The fourth-order valence-corrected chi connectivity index (χ4v) is 2.27. The number of ether oxygens (including phenoxy) is 1. The van der Waals surface area contributed by atoms with Crippen molar-refractivity contribution in [1.82, 2.24) is 0 Å². The van der Waals surface area contributed by atoms with Crippen LogP contribution in [-0.4, -0.2) is 12.9 Å². The molecular weight excluding hydrogens is 228 g/mol. The predicted molar refractivity (Wildman–Crippen MR) is 66.9 cm³/mol. The molecule has 3 nitrogen and oxygen atoms in total. The van der Waals surface area contributed by atoms with Gasteiger partial charge in [0.2, 0.25) is 0 Å². The number of carbonyl (C=O) groups excluding carboxylic acids is 1. The third-order valence-electron chi connectivity index (χ3n) is 3.41. The fraction of sp³-hybridized carbons (Fsp3) is 0.267. The Hall–Kier alpha value is -2.03. The molecule has 0 spiro atoms. The van der Waals surface area contributed by atoms with Crippen molar-refractivity contribution in [1.29, 1.82) is 0 Å². The molecule has 0 saturated heterocycles. The molecule has 2 aromatic rings. The molecule has 1 heterocycles. The first kappa shape index (κ1) is 11.1. The Labute approximate surface area is 105 Å². The van der Waals surface area contributed by atoms with E-state index < -0.39 is 0 Å². The molecule has 2 atom stereocenters. The molecule has 0 aliphatic heterocycles. The molecule has 0 bridgehead atoms. The van der Waals surface area contributed by atoms with Crippen LogP contribution in [0.3, 0.4) is 0 Å². The van der Waals surface area contributed by atoms with Crippen LogP contribution in [0.25, 0.3) is 0 Å². The third kappa shape index (κ3) is 1.92. The molecule has 2 unspecified atom stereocenters. The van der Waals surface area contributed by atoms with Crippen LogP contribution in [0.15, 0.2) is 47.1 Å². The predicted octanol–water partition coefficient (Wildman–Crippen LogP) is 3.27. The maximum absolute atomic E-state index is 12.2. The first-order valence-corrected chi connectivity index (χ1v) is 6.01. The van der Waals surface area contributed by atoms with Crippen molar-refractivity contribution in [2.24, 2.45) is 5.92 Å². The lowest BCUT2D eigenvalue weighted by atomic mass is 10.1. The molecule has 3 heteroatoms. The molecule has 92 valence electrons. The summed E-state index contributed by atoms with van der Waals surface area (Å²) < 4.78 is 10.4. The lowest BCUT2D eigenvalue weighted by molar-refractivity contribution is 0.0964. The minimum absolute atomic E-state index is 0.0737. The van der Waals surface area contributed by atoms with E-state index in [2.05, 4.69) is 0 Å². The maximum Gasteiger partial charge on any atom is 0.166 e. The number of benzene rings is 1. The van der Waals surface area contributed by atoms with Crippen LogP contribution in [0.2, 0.25) is 0 Å². The fourth-order valence-electron chi connectivity index (χ4n) is 2.27. The molecular formula is C15H14O3. The number of Topliss-reactive ketones (excluding diaryl/α,β-unsaturated/α-hetero) is 1. The number of methoxy groups -OCH3 is 1. The smallest absolute Gasteiger partial charge is 0.166 e. The minimum Gasteiger partial charge on any atom is -0.497 e. The molecule has 1 fully saturated rings. The molecule has 1 aromatic heterocycles. The van der Waals surface area contributed by atoms with Crippen molar-refractivity contribution in [3.8, 4) is 5.75 Å². The zero-order chi connectivity index (χ0) is 12.5. The Balaban J connectivity index is 1.72. The topological polar surface area (TPSA) is 39.4 Å². The molecule has 1 aliphatic rings. The Morgan fingerprint density at radius 1 is 1.28 bits per heavy atom. The largest absolute Gasteiger partial charge is 0.497 e. The van der Waals surface area contributed by atoms with Gasteiger partial charge in [-0.25, -0.2) is 0 Å². The molecule has 1 aromatic carbocycles. The number of rotatable bonds is 4. The molecule has 1 aliphatic carbocycles. The van der Waals surface area contributed by atoms with Crippen molar-refractivity contribution in [3.63, 3.8) is 0 Å².